The second kappa shape index (κ2) is 14.5. The Hall–Kier alpha value is -4.97. The summed E-state index contributed by atoms with van der Waals surface area (Å²) in [5.41, 5.74) is 8.19. The van der Waals surface area contributed by atoms with Crippen molar-refractivity contribution in [2.45, 2.75) is 69.1 Å². The highest BCUT2D eigenvalue weighted by molar-refractivity contribution is 6.91. The van der Waals surface area contributed by atoms with E-state index in [1.54, 1.807) is 41.2 Å². The van der Waals surface area contributed by atoms with Crippen molar-refractivity contribution in [2.24, 2.45) is 5.92 Å². The second-order valence-corrected chi connectivity index (χ2v) is 19.8. The van der Waals surface area contributed by atoms with Crippen LogP contribution in [0.25, 0.3) is 0 Å². The maximum absolute atomic E-state index is 15.2. The number of ether oxygens (including phenoxy) is 2. The van der Waals surface area contributed by atoms with Crippen LogP contribution in [0, 0.1) is 5.92 Å². The molecule has 11 heteroatoms. The summed E-state index contributed by atoms with van der Waals surface area (Å²) in [5, 5.41) is 14.3. The Morgan fingerprint density at radius 3 is 2.42 bits per heavy atom. The van der Waals surface area contributed by atoms with Gasteiger partial charge in [0.2, 0.25) is 5.91 Å². The number of rotatable bonds is 10. The first kappa shape index (κ1) is 36.4. The molecule has 3 heterocycles. The van der Waals surface area contributed by atoms with Gasteiger partial charge in [-0.1, -0.05) is 67.7 Å². The lowest BCUT2D eigenvalue weighted by atomic mass is 9.82. The standard InChI is InChI=1S/C42H48N4O6Si/c1-27-39(53(3,4)34-19-17-33(51-2)18-20-34)37(24-38(48)45-22-8-11-32(45)26-47)52-42(27)35-23-31(44-40(49)29-12-14-30(43)15-13-29)16-21-36(35)46(41(42)50)25-28-9-6-5-7-10-28/h5-7,9-10,12-21,23,27,32,37,39,47H,8,11,22,24-26,43H2,1-4H3,(H,44,49)/t27-,32+,37+,39-,42+/m1/s1. The topological polar surface area (TPSA) is 134 Å². The minimum atomic E-state index is -2.52. The van der Waals surface area contributed by atoms with Crippen LogP contribution in [0.4, 0.5) is 17.1 Å². The summed E-state index contributed by atoms with van der Waals surface area (Å²) in [6.07, 6.45) is 1.11. The molecule has 4 aromatic carbocycles. The summed E-state index contributed by atoms with van der Waals surface area (Å²) in [4.78, 5) is 46.3. The molecule has 53 heavy (non-hydrogen) atoms. The van der Waals surface area contributed by atoms with Crippen molar-refractivity contribution in [3.8, 4) is 5.75 Å². The fourth-order valence-electron chi connectivity index (χ4n) is 9.00. The molecule has 276 valence electrons. The molecule has 2 fully saturated rings. The molecule has 1 spiro atoms. The summed E-state index contributed by atoms with van der Waals surface area (Å²) in [5.74, 6) is -0.141. The minimum Gasteiger partial charge on any atom is -0.497 e. The molecule has 3 amide bonds. The molecule has 0 radical (unpaired) electrons. The van der Waals surface area contributed by atoms with Crippen LogP contribution in [0.1, 0.15) is 47.7 Å². The number of nitrogen functional groups attached to an aromatic ring is 1. The number of amides is 3. The van der Waals surface area contributed by atoms with E-state index in [4.69, 9.17) is 15.2 Å². The van der Waals surface area contributed by atoms with Gasteiger partial charge in [-0.3, -0.25) is 14.4 Å². The van der Waals surface area contributed by atoms with Gasteiger partial charge in [-0.05, 0) is 78.5 Å². The minimum absolute atomic E-state index is 0.0725. The predicted octanol–water partition coefficient (Wildman–Crippen LogP) is 5.67. The van der Waals surface area contributed by atoms with Crippen LogP contribution in [-0.2, 0) is 26.5 Å². The molecule has 7 rings (SSSR count). The number of aliphatic hydroxyl groups is 1. The Balaban J connectivity index is 1.33. The number of nitrogens with two attached hydrogens (primary N) is 1. The van der Waals surface area contributed by atoms with Gasteiger partial charge in [-0.25, -0.2) is 0 Å². The predicted molar refractivity (Wildman–Crippen MR) is 209 cm³/mol. The number of carbonyl (C=O) groups excluding carboxylic acids is 3. The van der Waals surface area contributed by atoms with E-state index in [2.05, 4.69) is 37.5 Å². The summed E-state index contributed by atoms with van der Waals surface area (Å²) < 4.78 is 12.7. The third-order valence-corrected chi connectivity index (χ3v) is 16.1. The van der Waals surface area contributed by atoms with Gasteiger partial charge >= 0.3 is 0 Å². The molecule has 3 aliphatic rings. The van der Waals surface area contributed by atoms with E-state index in [1.807, 2.05) is 60.7 Å². The van der Waals surface area contributed by atoms with Gasteiger partial charge in [0.25, 0.3) is 11.8 Å². The Kier molecular flexibility index (Phi) is 9.92. The van der Waals surface area contributed by atoms with Crippen molar-refractivity contribution >= 4 is 48.0 Å². The first-order valence-electron chi connectivity index (χ1n) is 18.4. The summed E-state index contributed by atoms with van der Waals surface area (Å²) in [6, 6.07) is 30.0. The van der Waals surface area contributed by atoms with Crippen molar-refractivity contribution < 1.29 is 29.0 Å². The lowest BCUT2D eigenvalue weighted by Gasteiger charge is -2.37. The Bertz CT molecular complexity index is 1990. The second-order valence-electron chi connectivity index (χ2n) is 15.1. The smallest absolute Gasteiger partial charge is 0.264 e. The zero-order valence-electron chi connectivity index (χ0n) is 30.7. The molecule has 0 unspecified atom stereocenters. The summed E-state index contributed by atoms with van der Waals surface area (Å²) in [7, 11) is -0.877. The molecule has 4 N–H and O–H groups in total. The number of nitrogens with zero attached hydrogens (tertiary/aromatic N) is 2. The number of nitrogens with one attached hydrogen (secondary N) is 1. The lowest BCUT2D eigenvalue weighted by Crippen LogP contribution is -2.52. The highest BCUT2D eigenvalue weighted by Gasteiger charge is 2.66. The molecule has 10 nitrogen and oxygen atoms in total. The van der Waals surface area contributed by atoms with E-state index in [-0.39, 0.29) is 48.3 Å². The normalized spacial score (nSPS) is 23.8. The van der Waals surface area contributed by atoms with Crippen molar-refractivity contribution in [3.05, 3.63) is 114 Å². The van der Waals surface area contributed by atoms with Crippen LogP contribution in [0.2, 0.25) is 18.6 Å². The number of hydrogen-bond donors (Lipinski definition) is 3. The zero-order valence-corrected chi connectivity index (χ0v) is 31.7. The van der Waals surface area contributed by atoms with Gasteiger partial charge in [0, 0.05) is 35.0 Å². The molecule has 0 bridgehead atoms. The van der Waals surface area contributed by atoms with Gasteiger partial charge in [0.1, 0.15) is 5.75 Å². The lowest BCUT2D eigenvalue weighted by molar-refractivity contribution is -0.150. The van der Waals surface area contributed by atoms with Gasteiger partial charge in [0.15, 0.2) is 5.60 Å². The molecule has 5 atom stereocenters. The van der Waals surface area contributed by atoms with Crippen molar-refractivity contribution in [3.63, 3.8) is 0 Å². The Morgan fingerprint density at radius 1 is 1.02 bits per heavy atom. The number of fused-ring (bicyclic) bond motifs is 2. The molecule has 2 saturated heterocycles. The number of likely N-dealkylation sites (tertiary alicyclic amines) is 1. The molecule has 4 aromatic rings. The maximum atomic E-state index is 15.2. The molecule has 0 aliphatic carbocycles. The number of hydrogen-bond acceptors (Lipinski definition) is 7. The first-order valence-corrected chi connectivity index (χ1v) is 21.5. The monoisotopic (exact) mass is 732 g/mol. The fraction of sp³-hybridized carbons (Fsp3) is 0.357. The number of benzene rings is 4. The van der Waals surface area contributed by atoms with Crippen LogP contribution in [0.15, 0.2) is 97.1 Å². The fourth-order valence-corrected chi connectivity index (χ4v) is 13.0. The van der Waals surface area contributed by atoms with Gasteiger partial charge in [-0.15, -0.1) is 0 Å². The first-order chi connectivity index (χ1) is 25.5. The highest BCUT2D eigenvalue weighted by atomic mass is 28.3. The average molecular weight is 733 g/mol. The largest absolute Gasteiger partial charge is 0.497 e. The van der Waals surface area contributed by atoms with Crippen LogP contribution >= 0.6 is 0 Å². The Morgan fingerprint density at radius 2 is 1.74 bits per heavy atom. The number of aliphatic hydroxyl groups excluding tert-OH is 1. The number of anilines is 3. The van der Waals surface area contributed by atoms with Gasteiger partial charge in [0.05, 0.1) is 52.6 Å². The van der Waals surface area contributed by atoms with E-state index in [9.17, 15) is 14.7 Å². The molecule has 0 saturated carbocycles. The molecular weight excluding hydrogens is 685 g/mol. The van der Waals surface area contributed by atoms with Crippen LogP contribution in [0.5, 0.6) is 5.75 Å². The van der Waals surface area contributed by atoms with E-state index in [0.29, 0.717) is 41.3 Å². The highest BCUT2D eigenvalue weighted by Crippen LogP contribution is 2.60. The van der Waals surface area contributed by atoms with Crippen LogP contribution in [-0.4, -0.2) is 68.2 Å². The van der Waals surface area contributed by atoms with E-state index in [0.717, 1.165) is 24.2 Å². The quantitative estimate of drug-likeness (QED) is 0.141. The van der Waals surface area contributed by atoms with Crippen molar-refractivity contribution in [1.29, 1.82) is 0 Å². The van der Waals surface area contributed by atoms with Gasteiger partial charge in [-0.2, -0.15) is 0 Å². The summed E-state index contributed by atoms with van der Waals surface area (Å²) >= 11 is 0. The average Bonchev–Trinajstić information content (AvgIpc) is 3.83. The zero-order chi connectivity index (χ0) is 37.5. The number of carbonyl (C=O) groups is 3. The molecule has 0 aromatic heterocycles. The van der Waals surface area contributed by atoms with Gasteiger partial charge < -0.3 is 35.4 Å². The van der Waals surface area contributed by atoms with E-state index < -0.39 is 19.8 Å². The van der Waals surface area contributed by atoms with E-state index in [1.165, 1.54) is 5.19 Å². The van der Waals surface area contributed by atoms with Crippen LogP contribution < -0.4 is 25.9 Å². The number of methoxy groups -OCH3 is 1. The van der Waals surface area contributed by atoms with Crippen molar-refractivity contribution in [1.82, 2.24) is 4.90 Å². The summed E-state index contributed by atoms with van der Waals surface area (Å²) in [6.45, 7) is 7.50. The third-order valence-electron chi connectivity index (χ3n) is 11.7. The molecular formula is C42H48N4O6Si. The molecule has 3 aliphatic heterocycles. The Labute approximate surface area is 311 Å². The van der Waals surface area contributed by atoms with Crippen LogP contribution in [0.3, 0.4) is 0 Å². The maximum Gasteiger partial charge on any atom is 0.264 e. The van der Waals surface area contributed by atoms with E-state index >= 15 is 4.79 Å². The van der Waals surface area contributed by atoms with Crippen molar-refractivity contribution in [2.75, 3.05) is 36.2 Å². The third kappa shape index (κ3) is 6.51. The SMILES string of the molecule is COc1ccc([Si](C)(C)[C@H]2[C@H](CC(=O)N3CCC[C@H]3CO)O[C@@]3(C(=O)N(Cc4ccccc4)c4ccc(NC(=O)c5ccc(N)cc5)cc43)[C@@H]2C)cc1.